The average Bonchev–Trinajstić information content (AvgIpc) is 2.20. The number of benzene rings is 1. The van der Waals surface area contributed by atoms with E-state index in [1.54, 1.807) is 7.05 Å². The Morgan fingerprint density at radius 3 is 2.93 bits per heavy atom. The molecule has 15 heavy (non-hydrogen) atoms. The monoisotopic (exact) mass is 277 g/mol. The topological polar surface area (TPSA) is 41.5 Å². The minimum Gasteiger partial charge on any atom is -0.491 e. The van der Waals surface area contributed by atoms with Crippen LogP contribution < -0.4 is 10.1 Å². The van der Waals surface area contributed by atoms with Gasteiger partial charge in [0.15, 0.2) is 0 Å². The maximum absolute atomic E-state index is 12.9. The highest BCUT2D eigenvalue weighted by atomic mass is 79.9. The van der Waals surface area contributed by atoms with E-state index in [0.717, 1.165) is 0 Å². The van der Waals surface area contributed by atoms with Gasteiger partial charge in [-0.05, 0) is 41.2 Å². The highest BCUT2D eigenvalue weighted by molar-refractivity contribution is 9.10. The van der Waals surface area contributed by atoms with Crippen molar-refractivity contribution in [3.05, 3.63) is 28.5 Å². The molecule has 0 heterocycles. The lowest BCUT2D eigenvalue weighted by Gasteiger charge is -2.11. The van der Waals surface area contributed by atoms with Crippen molar-refractivity contribution >= 4 is 15.9 Å². The number of halogens is 2. The first kappa shape index (κ1) is 12.4. The van der Waals surface area contributed by atoms with Crippen molar-refractivity contribution in [2.75, 3.05) is 20.2 Å². The predicted octanol–water partition coefficient (Wildman–Crippen LogP) is 1.55. The smallest absolute Gasteiger partial charge is 0.137 e. The second-order valence-corrected chi connectivity index (χ2v) is 3.95. The van der Waals surface area contributed by atoms with Crippen LogP contribution in [-0.4, -0.2) is 31.4 Å². The first-order valence-corrected chi connectivity index (χ1v) is 5.33. The molecule has 0 saturated heterocycles. The van der Waals surface area contributed by atoms with Gasteiger partial charge in [0.2, 0.25) is 0 Å². The Labute approximate surface area is 96.4 Å². The van der Waals surface area contributed by atoms with Crippen LogP contribution in [0.25, 0.3) is 0 Å². The lowest BCUT2D eigenvalue weighted by Crippen LogP contribution is -2.29. The van der Waals surface area contributed by atoms with E-state index in [-0.39, 0.29) is 12.4 Å². The number of hydrogen-bond acceptors (Lipinski definition) is 3. The van der Waals surface area contributed by atoms with Gasteiger partial charge in [-0.2, -0.15) is 0 Å². The van der Waals surface area contributed by atoms with E-state index in [0.29, 0.717) is 16.8 Å². The van der Waals surface area contributed by atoms with Gasteiger partial charge in [0, 0.05) is 6.54 Å². The quantitative estimate of drug-likeness (QED) is 0.858. The lowest BCUT2D eigenvalue weighted by molar-refractivity contribution is 0.108. The number of aliphatic hydroxyl groups is 1. The number of nitrogens with one attached hydrogen (secondary N) is 1. The molecular formula is C10H13BrFNO2. The molecule has 0 aliphatic heterocycles. The minimum atomic E-state index is -0.571. The zero-order valence-electron chi connectivity index (χ0n) is 8.34. The Morgan fingerprint density at radius 2 is 2.33 bits per heavy atom. The number of rotatable bonds is 5. The third-order valence-corrected chi connectivity index (χ3v) is 2.38. The second-order valence-electron chi connectivity index (χ2n) is 3.10. The van der Waals surface area contributed by atoms with E-state index in [9.17, 15) is 9.50 Å². The van der Waals surface area contributed by atoms with Crippen LogP contribution in [0.1, 0.15) is 0 Å². The van der Waals surface area contributed by atoms with Crippen LogP contribution in [0, 0.1) is 5.82 Å². The summed E-state index contributed by atoms with van der Waals surface area (Å²) in [5, 5.41) is 12.2. The standard InChI is InChI=1S/C10H13BrFNO2/c1-13-5-7(14)6-15-8-2-3-10(12)9(11)4-8/h2-4,7,13-14H,5-6H2,1H3/t7-/m1/s1. The largest absolute Gasteiger partial charge is 0.491 e. The Bertz CT molecular complexity index is 322. The van der Waals surface area contributed by atoms with Crippen molar-refractivity contribution < 1.29 is 14.2 Å². The zero-order chi connectivity index (χ0) is 11.3. The number of hydrogen-bond donors (Lipinski definition) is 2. The van der Waals surface area contributed by atoms with Crippen LogP contribution in [0.2, 0.25) is 0 Å². The van der Waals surface area contributed by atoms with Crippen molar-refractivity contribution in [2.24, 2.45) is 0 Å². The Kier molecular flexibility index (Phi) is 5.01. The summed E-state index contributed by atoms with van der Waals surface area (Å²) in [7, 11) is 1.75. The molecule has 0 amide bonds. The fraction of sp³-hybridized carbons (Fsp3) is 0.400. The summed E-state index contributed by atoms with van der Waals surface area (Å²) < 4.78 is 18.5. The third-order valence-electron chi connectivity index (χ3n) is 1.77. The molecule has 0 fully saturated rings. The summed E-state index contributed by atoms with van der Waals surface area (Å²) in [5.41, 5.74) is 0. The highest BCUT2D eigenvalue weighted by Crippen LogP contribution is 2.21. The van der Waals surface area contributed by atoms with Crippen molar-refractivity contribution in [1.82, 2.24) is 5.32 Å². The molecule has 2 N–H and O–H groups in total. The van der Waals surface area contributed by atoms with E-state index >= 15 is 0 Å². The predicted molar refractivity (Wildman–Crippen MR) is 59.5 cm³/mol. The maximum atomic E-state index is 12.9. The van der Waals surface area contributed by atoms with Crippen molar-refractivity contribution in [3.63, 3.8) is 0 Å². The molecule has 0 radical (unpaired) electrons. The molecule has 0 saturated carbocycles. The maximum Gasteiger partial charge on any atom is 0.137 e. The molecule has 0 bridgehead atoms. The van der Waals surface area contributed by atoms with Gasteiger partial charge < -0.3 is 15.2 Å². The van der Waals surface area contributed by atoms with E-state index in [2.05, 4.69) is 21.2 Å². The third kappa shape index (κ3) is 4.15. The molecule has 0 aromatic heterocycles. The molecule has 1 aromatic carbocycles. The number of ether oxygens (including phenoxy) is 1. The van der Waals surface area contributed by atoms with Crippen LogP contribution in [0.15, 0.2) is 22.7 Å². The molecule has 5 heteroatoms. The van der Waals surface area contributed by atoms with Gasteiger partial charge >= 0.3 is 0 Å². The van der Waals surface area contributed by atoms with Crippen molar-refractivity contribution in [1.29, 1.82) is 0 Å². The van der Waals surface area contributed by atoms with E-state index < -0.39 is 6.10 Å². The van der Waals surface area contributed by atoms with Gasteiger partial charge in [0.05, 0.1) is 4.47 Å². The van der Waals surface area contributed by atoms with E-state index in [1.807, 2.05) is 0 Å². The summed E-state index contributed by atoms with van der Waals surface area (Å²) in [5.74, 6) is 0.191. The highest BCUT2D eigenvalue weighted by Gasteiger charge is 2.05. The molecule has 1 rings (SSSR count). The van der Waals surface area contributed by atoms with Crippen LogP contribution in [0.4, 0.5) is 4.39 Å². The Balaban J connectivity index is 2.47. The van der Waals surface area contributed by atoms with Gasteiger partial charge in [-0.15, -0.1) is 0 Å². The number of aliphatic hydroxyl groups excluding tert-OH is 1. The van der Waals surface area contributed by atoms with Gasteiger partial charge in [0.25, 0.3) is 0 Å². The first-order chi connectivity index (χ1) is 7.13. The summed E-state index contributed by atoms with van der Waals surface area (Å²) in [6.07, 6.45) is -0.571. The molecule has 0 aliphatic rings. The second kappa shape index (κ2) is 6.05. The fourth-order valence-electron chi connectivity index (χ4n) is 1.05. The average molecular weight is 278 g/mol. The minimum absolute atomic E-state index is 0.179. The molecular weight excluding hydrogens is 265 g/mol. The molecule has 0 spiro atoms. The molecule has 0 aliphatic carbocycles. The fourth-order valence-corrected chi connectivity index (χ4v) is 1.41. The first-order valence-electron chi connectivity index (χ1n) is 4.54. The van der Waals surface area contributed by atoms with E-state index in [1.165, 1.54) is 18.2 Å². The molecule has 1 aromatic rings. The summed E-state index contributed by atoms with van der Waals surface area (Å²) in [6.45, 7) is 0.640. The van der Waals surface area contributed by atoms with Crippen LogP contribution in [0.3, 0.4) is 0 Å². The Morgan fingerprint density at radius 1 is 1.60 bits per heavy atom. The van der Waals surface area contributed by atoms with E-state index in [4.69, 9.17) is 4.74 Å². The molecule has 0 unspecified atom stereocenters. The van der Waals surface area contributed by atoms with Crippen molar-refractivity contribution in [3.8, 4) is 5.75 Å². The van der Waals surface area contributed by atoms with Crippen LogP contribution >= 0.6 is 15.9 Å². The zero-order valence-corrected chi connectivity index (χ0v) is 9.92. The SMILES string of the molecule is CNC[C@@H](O)COc1ccc(F)c(Br)c1. The summed E-state index contributed by atoms with van der Waals surface area (Å²) >= 11 is 3.05. The van der Waals surface area contributed by atoms with Crippen molar-refractivity contribution in [2.45, 2.75) is 6.10 Å². The number of likely N-dealkylation sites (N-methyl/N-ethyl adjacent to an activating group) is 1. The van der Waals surface area contributed by atoms with Crippen LogP contribution in [-0.2, 0) is 0 Å². The summed E-state index contributed by atoms with van der Waals surface area (Å²) in [4.78, 5) is 0. The molecule has 84 valence electrons. The summed E-state index contributed by atoms with van der Waals surface area (Å²) in [6, 6.07) is 4.36. The normalized spacial score (nSPS) is 12.5. The Hall–Kier alpha value is -0.650. The molecule has 1 atom stereocenters. The molecule has 3 nitrogen and oxygen atoms in total. The van der Waals surface area contributed by atoms with Gasteiger partial charge in [-0.1, -0.05) is 0 Å². The van der Waals surface area contributed by atoms with Gasteiger partial charge in [0.1, 0.15) is 24.3 Å². The lowest BCUT2D eigenvalue weighted by atomic mass is 10.3. The van der Waals surface area contributed by atoms with Gasteiger partial charge in [-0.25, -0.2) is 4.39 Å². The van der Waals surface area contributed by atoms with Crippen LogP contribution in [0.5, 0.6) is 5.75 Å². The van der Waals surface area contributed by atoms with Gasteiger partial charge in [-0.3, -0.25) is 0 Å².